The molecule has 6 nitrogen and oxygen atoms in total. The first kappa shape index (κ1) is 12.8. The van der Waals surface area contributed by atoms with Crippen LogP contribution in [0.15, 0.2) is 0 Å². The van der Waals surface area contributed by atoms with Crippen LogP contribution >= 0.6 is 0 Å². The van der Waals surface area contributed by atoms with Crippen molar-refractivity contribution in [3.8, 4) is 0 Å². The molecule has 1 rings (SSSR count). The van der Waals surface area contributed by atoms with Gasteiger partial charge in [-0.2, -0.15) is 0 Å². The Morgan fingerprint density at radius 3 is 2.88 bits per heavy atom. The van der Waals surface area contributed by atoms with Crippen molar-refractivity contribution in [3.63, 3.8) is 0 Å². The molecular weight excluding hydrogens is 212 g/mol. The quantitative estimate of drug-likeness (QED) is 0.643. The zero-order valence-electron chi connectivity index (χ0n) is 9.36. The number of carbonyl (C=O) groups excluding carboxylic acids is 1. The van der Waals surface area contributed by atoms with E-state index in [-0.39, 0.29) is 0 Å². The molecule has 1 aliphatic heterocycles. The summed E-state index contributed by atoms with van der Waals surface area (Å²) in [6.45, 7) is 3.40. The number of carboxylic acids is 1. The molecular formula is C10H18N2O4. The summed E-state index contributed by atoms with van der Waals surface area (Å²) < 4.78 is 5.27. The second-order valence-corrected chi connectivity index (χ2v) is 4.00. The van der Waals surface area contributed by atoms with Gasteiger partial charge in [-0.25, -0.2) is 4.79 Å². The molecule has 0 saturated carbocycles. The van der Waals surface area contributed by atoms with Crippen molar-refractivity contribution in [1.29, 1.82) is 0 Å². The van der Waals surface area contributed by atoms with Crippen molar-refractivity contribution in [3.05, 3.63) is 0 Å². The van der Waals surface area contributed by atoms with Gasteiger partial charge in [-0.1, -0.05) is 0 Å². The highest BCUT2D eigenvalue weighted by molar-refractivity contribution is 5.82. The van der Waals surface area contributed by atoms with E-state index < -0.39 is 18.0 Å². The molecule has 2 unspecified atom stereocenters. The third-order valence-corrected chi connectivity index (χ3v) is 2.52. The maximum Gasteiger partial charge on any atom is 0.325 e. The summed E-state index contributed by atoms with van der Waals surface area (Å²) in [7, 11) is 0. The molecule has 92 valence electrons. The number of urea groups is 1. The van der Waals surface area contributed by atoms with Crippen LogP contribution in [-0.2, 0) is 9.53 Å². The van der Waals surface area contributed by atoms with Gasteiger partial charge in [0.15, 0.2) is 0 Å². The Hall–Kier alpha value is -1.30. The van der Waals surface area contributed by atoms with Crippen LogP contribution in [0, 0.1) is 5.92 Å². The van der Waals surface area contributed by atoms with Crippen molar-refractivity contribution in [2.75, 3.05) is 19.8 Å². The van der Waals surface area contributed by atoms with Crippen molar-refractivity contribution in [2.24, 2.45) is 5.92 Å². The fourth-order valence-corrected chi connectivity index (χ4v) is 1.51. The minimum absolute atomic E-state index is 0.333. The summed E-state index contributed by atoms with van der Waals surface area (Å²) in [4.78, 5) is 21.8. The number of carboxylic acid groups (broad SMARTS) is 1. The Labute approximate surface area is 94.3 Å². The van der Waals surface area contributed by atoms with Crippen molar-refractivity contribution in [1.82, 2.24) is 10.6 Å². The molecule has 0 aliphatic carbocycles. The normalized spacial score (nSPS) is 22.2. The molecule has 1 fully saturated rings. The lowest BCUT2D eigenvalue weighted by atomic mass is 10.0. The molecule has 0 aromatic heterocycles. The Bertz CT molecular complexity index is 251. The largest absolute Gasteiger partial charge is 0.480 e. The van der Waals surface area contributed by atoms with Gasteiger partial charge >= 0.3 is 12.0 Å². The van der Waals surface area contributed by atoms with E-state index >= 15 is 0 Å². The van der Waals surface area contributed by atoms with Crippen LogP contribution in [0.1, 0.15) is 19.8 Å². The monoisotopic (exact) mass is 230 g/mol. The number of rotatable bonds is 4. The van der Waals surface area contributed by atoms with Crippen LogP contribution in [0.25, 0.3) is 0 Å². The fourth-order valence-electron chi connectivity index (χ4n) is 1.51. The average Bonchev–Trinajstić information content (AvgIpc) is 2.27. The Kier molecular flexibility index (Phi) is 5.04. The van der Waals surface area contributed by atoms with E-state index in [0.29, 0.717) is 19.1 Å². The number of aliphatic carboxylic acids is 1. The first-order valence-electron chi connectivity index (χ1n) is 5.44. The van der Waals surface area contributed by atoms with E-state index in [0.717, 1.165) is 19.4 Å². The molecule has 2 amide bonds. The number of amides is 2. The van der Waals surface area contributed by atoms with Gasteiger partial charge in [-0.15, -0.1) is 0 Å². The third-order valence-electron chi connectivity index (χ3n) is 2.52. The second kappa shape index (κ2) is 6.32. The molecule has 0 radical (unpaired) electrons. The lowest BCUT2D eigenvalue weighted by Crippen LogP contribution is -2.46. The first-order valence-corrected chi connectivity index (χ1v) is 5.44. The van der Waals surface area contributed by atoms with Gasteiger partial charge in [0.1, 0.15) is 6.04 Å². The van der Waals surface area contributed by atoms with Crippen LogP contribution in [0.5, 0.6) is 0 Å². The minimum atomic E-state index is -1.05. The van der Waals surface area contributed by atoms with Crippen molar-refractivity contribution < 1.29 is 19.4 Å². The van der Waals surface area contributed by atoms with Crippen LogP contribution in [-0.4, -0.2) is 42.9 Å². The van der Waals surface area contributed by atoms with Gasteiger partial charge < -0.3 is 20.5 Å². The molecule has 0 aromatic rings. The Morgan fingerprint density at radius 1 is 1.56 bits per heavy atom. The van der Waals surface area contributed by atoms with Crippen LogP contribution in [0.2, 0.25) is 0 Å². The fraction of sp³-hybridized carbons (Fsp3) is 0.800. The van der Waals surface area contributed by atoms with Crippen LogP contribution < -0.4 is 10.6 Å². The highest BCUT2D eigenvalue weighted by Gasteiger charge is 2.17. The number of hydrogen-bond acceptors (Lipinski definition) is 3. The zero-order chi connectivity index (χ0) is 12.0. The molecule has 6 heteroatoms. The summed E-state index contributed by atoms with van der Waals surface area (Å²) in [6.07, 6.45) is 2.05. The Morgan fingerprint density at radius 2 is 2.31 bits per heavy atom. The molecule has 16 heavy (non-hydrogen) atoms. The Balaban J connectivity index is 2.16. The van der Waals surface area contributed by atoms with Crippen LogP contribution in [0.4, 0.5) is 4.79 Å². The van der Waals surface area contributed by atoms with E-state index in [2.05, 4.69) is 10.6 Å². The smallest absolute Gasteiger partial charge is 0.325 e. The molecule has 1 aliphatic rings. The standard InChI is InChI=1S/C10H18N2O4/c1-7(9(13)14)12-10(15)11-5-8-3-2-4-16-6-8/h7-8H,2-6H2,1H3,(H,13,14)(H2,11,12,15). The van der Waals surface area contributed by atoms with Gasteiger partial charge in [0.25, 0.3) is 0 Å². The predicted molar refractivity (Wildman–Crippen MR) is 57.2 cm³/mol. The van der Waals surface area contributed by atoms with Crippen LogP contribution in [0.3, 0.4) is 0 Å². The number of carbonyl (C=O) groups is 2. The predicted octanol–water partition coefficient (Wildman–Crippen LogP) is 0.185. The molecule has 2 atom stereocenters. The molecule has 1 heterocycles. The second-order valence-electron chi connectivity index (χ2n) is 4.00. The topological polar surface area (TPSA) is 87.7 Å². The average molecular weight is 230 g/mol. The summed E-state index contributed by atoms with van der Waals surface area (Å²) in [5.74, 6) is -0.712. The third kappa shape index (κ3) is 4.48. The van der Waals surface area contributed by atoms with Crippen molar-refractivity contribution in [2.45, 2.75) is 25.8 Å². The van der Waals surface area contributed by atoms with E-state index in [9.17, 15) is 9.59 Å². The van der Waals surface area contributed by atoms with Gasteiger partial charge in [0.05, 0.1) is 6.61 Å². The van der Waals surface area contributed by atoms with E-state index in [1.807, 2.05) is 0 Å². The molecule has 3 N–H and O–H groups in total. The van der Waals surface area contributed by atoms with Gasteiger partial charge in [-0.05, 0) is 25.7 Å². The SMILES string of the molecule is CC(NC(=O)NCC1CCCOC1)C(=O)O. The summed E-state index contributed by atoms with van der Waals surface area (Å²) in [6, 6.07) is -1.32. The first-order chi connectivity index (χ1) is 7.59. The molecule has 1 saturated heterocycles. The molecule has 0 aromatic carbocycles. The van der Waals surface area contributed by atoms with E-state index in [1.54, 1.807) is 0 Å². The minimum Gasteiger partial charge on any atom is -0.480 e. The number of nitrogens with one attached hydrogen (secondary N) is 2. The van der Waals surface area contributed by atoms with Crippen molar-refractivity contribution >= 4 is 12.0 Å². The van der Waals surface area contributed by atoms with Gasteiger partial charge in [0.2, 0.25) is 0 Å². The highest BCUT2D eigenvalue weighted by Crippen LogP contribution is 2.11. The van der Waals surface area contributed by atoms with Gasteiger partial charge in [0, 0.05) is 13.2 Å². The maximum absolute atomic E-state index is 11.3. The maximum atomic E-state index is 11.3. The van der Waals surface area contributed by atoms with Gasteiger partial charge in [-0.3, -0.25) is 4.79 Å². The molecule has 0 bridgehead atoms. The lowest BCUT2D eigenvalue weighted by molar-refractivity contribution is -0.138. The summed E-state index contributed by atoms with van der Waals surface area (Å²) >= 11 is 0. The number of ether oxygens (including phenoxy) is 1. The summed E-state index contributed by atoms with van der Waals surface area (Å²) in [5.41, 5.74) is 0. The zero-order valence-corrected chi connectivity index (χ0v) is 9.36. The molecule has 0 spiro atoms. The highest BCUT2D eigenvalue weighted by atomic mass is 16.5. The van der Waals surface area contributed by atoms with E-state index in [4.69, 9.17) is 9.84 Å². The summed E-state index contributed by atoms with van der Waals surface area (Å²) in [5, 5.41) is 13.6. The van der Waals surface area contributed by atoms with E-state index in [1.165, 1.54) is 6.92 Å². The lowest BCUT2D eigenvalue weighted by Gasteiger charge is -2.22. The number of hydrogen-bond donors (Lipinski definition) is 3.